The van der Waals surface area contributed by atoms with E-state index in [1.807, 2.05) is 22.4 Å². The molecule has 0 aliphatic carbocycles. The molecule has 0 unspecified atom stereocenters. The van der Waals surface area contributed by atoms with E-state index < -0.39 is 26.6 Å². The molecule has 170 valence electrons. The van der Waals surface area contributed by atoms with E-state index in [2.05, 4.69) is 4.98 Å². The minimum absolute atomic E-state index is 0.0941. The van der Waals surface area contributed by atoms with Crippen LogP contribution in [0, 0.1) is 11.6 Å². The minimum atomic E-state index is -4.27. The lowest BCUT2D eigenvalue weighted by molar-refractivity contribution is 0.378. The molecule has 4 rings (SSSR count). The predicted molar refractivity (Wildman–Crippen MR) is 118 cm³/mol. The van der Waals surface area contributed by atoms with Crippen molar-refractivity contribution < 1.29 is 26.7 Å². The maximum atomic E-state index is 14.0. The molecule has 1 aliphatic rings. The van der Waals surface area contributed by atoms with E-state index in [1.165, 1.54) is 11.3 Å². The Bertz CT molecular complexity index is 1210. The summed E-state index contributed by atoms with van der Waals surface area (Å²) in [7, 11) is -1.12. The normalized spacial score (nSPS) is 15.1. The zero-order chi connectivity index (χ0) is 22.9. The quantitative estimate of drug-likeness (QED) is 0.536. The van der Waals surface area contributed by atoms with Gasteiger partial charge < -0.3 is 14.4 Å². The molecular formula is C21H21F2N3O4S2. The fourth-order valence-corrected chi connectivity index (χ4v) is 5.93. The highest BCUT2D eigenvalue weighted by molar-refractivity contribution is 7.89. The first-order valence-corrected chi connectivity index (χ1v) is 12.0. The molecule has 7 nitrogen and oxygen atoms in total. The van der Waals surface area contributed by atoms with E-state index in [4.69, 9.17) is 9.47 Å². The average Bonchev–Trinajstić information content (AvgIpc) is 3.28. The number of benzene rings is 2. The van der Waals surface area contributed by atoms with Crippen molar-refractivity contribution in [3.63, 3.8) is 0 Å². The molecule has 1 fully saturated rings. The topological polar surface area (TPSA) is 72.0 Å². The summed E-state index contributed by atoms with van der Waals surface area (Å²) >= 11 is 1.43. The predicted octanol–water partition coefficient (Wildman–Crippen LogP) is 3.62. The first-order valence-electron chi connectivity index (χ1n) is 9.72. The van der Waals surface area contributed by atoms with Gasteiger partial charge in [-0.15, -0.1) is 11.3 Å². The van der Waals surface area contributed by atoms with E-state index in [9.17, 15) is 17.2 Å². The zero-order valence-corrected chi connectivity index (χ0v) is 19.0. The van der Waals surface area contributed by atoms with Gasteiger partial charge in [-0.25, -0.2) is 22.2 Å². The number of aromatic nitrogens is 1. The molecule has 0 amide bonds. The number of hydrogen-bond donors (Lipinski definition) is 0. The molecule has 1 aromatic heterocycles. The molecule has 32 heavy (non-hydrogen) atoms. The molecule has 1 aliphatic heterocycles. The Morgan fingerprint density at radius 2 is 1.69 bits per heavy atom. The van der Waals surface area contributed by atoms with Crippen LogP contribution in [0.25, 0.3) is 11.3 Å². The SMILES string of the molecule is COc1ccc(-c2csc(N3CCN(S(=O)(=O)c4c(F)cccc4F)CC3)n2)c(OC)c1. The highest BCUT2D eigenvalue weighted by Crippen LogP contribution is 2.36. The number of nitrogens with zero attached hydrogens (tertiary/aromatic N) is 3. The molecule has 3 aromatic rings. The largest absolute Gasteiger partial charge is 0.497 e. The molecule has 2 aromatic carbocycles. The number of ether oxygens (including phenoxy) is 2. The van der Waals surface area contributed by atoms with Gasteiger partial charge in [-0.2, -0.15) is 4.31 Å². The third-order valence-electron chi connectivity index (χ3n) is 5.20. The van der Waals surface area contributed by atoms with Crippen LogP contribution in [0.2, 0.25) is 0 Å². The number of rotatable bonds is 6. The van der Waals surface area contributed by atoms with Gasteiger partial charge in [-0.05, 0) is 24.3 Å². The summed E-state index contributed by atoms with van der Waals surface area (Å²) in [6.07, 6.45) is 0. The number of methoxy groups -OCH3 is 2. The van der Waals surface area contributed by atoms with Crippen molar-refractivity contribution in [2.24, 2.45) is 0 Å². The van der Waals surface area contributed by atoms with E-state index in [1.54, 1.807) is 20.3 Å². The first kappa shape index (κ1) is 22.4. The average molecular weight is 482 g/mol. The maximum absolute atomic E-state index is 14.0. The smallest absolute Gasteiger partial charge is 0.249 e. The zero-order valence-electron chi connectivity index (χ0n) is 17.4. The standard InChI is InChI=1S/C21H21F2N3O4S2/c1-29-14-6-7-15(19(12-14)30-2)18-13-31-21(24-18)25-8-10-26(11-9-25)32(27,28)20-16(22)4-3-5-17(20)23/h3-7,12-13H,8-11H2,1-2H3. The van der Waals surface area contributed by atoms with Gasteiger partial charge in [0.1, 0.15) is 23.1 Å². The van der Waals surface area contributed by atoms with E-state index in [0.29, 0.717) is 24.6 Å². The molecule has 0 bridgehead atoms. The van der Waals surface area contributed by atoms with Crippen LogP contribution in [0.1, 0.15) is 0 Å². The molecular weight excluding hydrogens is 460 g/mol. The third kappa shape index (κ3) is 4.15. The molecule has 2 heterocycles. The fourth-order valence-electron chi connectivity index (χ4n) is 3.52. The van der Waals surface area contributed by atoms with Crippen LogP contribution in [-0.4, -0.2) is 58.1 Å². The number of thiazole rings is 1. The number of halogens is 2. The Morgan fingerprint density at radius 1 is 1.00 bits per heavy atom. The van der Waals surface area contributed by atoms with Gasteiger partial charge in [0.05, 0.1) is 19.9 Å². The Morgan fingerprint density at radius 3 is 2.31 bits per heavy atom. The fraction of sp³-hybridized carbons (Fsp3) is 0.286. The van der Waals surface area contributed by atoms with E-state index >= 15 is 0 Å². The molecule has 1 saturated heterocycles. The van der Waals surface area contributed by atoms with Crippen LogP contribution in [0.15, 0.2) is 46.7 Å². The van der Waals surface area contributed by atoms with Gasteiger partial charge in [0.2, 0.25) is 10.0 Å². The summed E-state index contributed by atoms with van der Waals surface area (Å²) in [5.41, 5.74) is 1.54. The third-order valence-corrected chi connectivity index (χ3v) is 8.05. The van der Waals surface area contributed by atoms with Gasteiger partial charge >= 0.3 is 0 Å². The van der Waals surface area contributed by atoms with Crippen molar-refractivity contribution in [3.8, 4) is 22.8 Å². The summed E-state index contributed by atoms with van der Waals surface area (Å²) in [6, 6.07) is 8.49. The summed E-state index contributed by atoms with van der Waals surface area (Å²) in [5.74, 6) is -0.885. The molecule has 0 radical (unpaired) electrons. The molecule has 0 saturated carbocycles. The van der Waals surface area contributed by atoms with Crippen LogP contribution < -0.4 is 14.4 Å². The maximum Gasteiger partial charge on any atom is 0.249 e. The van der Waals surface area contributed by atoms with Gasteiger partial charge in [0, 0.05) is 43.2 Å². The van der Waals surface area contributed by atoms with Crippen molar-refractivity contribution in [2.45, 2.75) is 4.90 Å². The van der Waals surface area contributed by atoms with Crippen LogP contribution >= 0.6 is 11.3 Å². The van der Waals surface area contributed by atoms with Crippen molar-refractivity contribution in [1.29, 1.82) is 0 Å². The second-order valence-corrected chi connectivity index (χ2v) is 9.73. The van der Waals surface area contributed by atoms with E-state index in [-0.39, 0.29) is 13.1 Å². The molecule has 0 N–H and O–H groups in total. The summed E-state index contributed by atoms with van der Waals surface area (Å²) in [6.45, 7) is 0.887. The van der Waals surface area contributed by atoms with Crippen LogP contribution in [-0.2, 0) is 10.0 Å². The highest BCUT2D eigenvalue weighted by atomic mass is 32.2. The number of hydrogen-bond acceptors (Lipinski definition) is 7. The van der Waals surface area contributed by atoms with Gasteiger partial charge in [0.15, 0.2) is 10.0 Å². The first-order chi connectivity index (χ1) is 15.3. The van der Waals surface area contributed by atoms with Crippen LogP contribution in [0.3, 0.4) is 0 Å². The van der Waals surface area contributed by atoms with Crippen molar-refractivity contribution >= 4 is 26.5 Å². The lowest BCUT2D eigenvalue weighted by Gasteiger charge is -2.33. The minimum Gasteiger partial charge on any atom is -0.497 e. The summed E-state index contributed by atoms with van der Waals surface area (Å²) in [5, 5.41) is 2.63. The van der Waals surface area contributed by atoms with Crippen LogP contribution in [0.5, 0.6) is 11.5 Å². The van der Waals surface area contributed by atoms with Crippen molar-refractivity contribution in [2.75, 3.05) is 45.3 Å². The summed E-state index contributed by atoms with van der Waals surface area (Å²) in [4.78, 5) is 5.72. The Kier molecular flexibility index (Phi) is 6.31. The van der Waals surface area contributed by atoms with Gasteiger partial charge in [-0.1, -0.05) is 6.07 Å². The number of piperazine rings is 1. The number of sulfonamides is 1. The lowest BCUT2D eigenvalue weighted by Crippen LogP contribution is -2.49. The Balaban J connectivity index is 1.50. The molecule has 0 spiro atoms. The summed E-state index contributed by atoms with van der Waals surface area (Å²) < 4.78 is 65.4. The molecule has 0 atom stereocenters. The monoisotopic (exact) mass is 481 g/mol. The van der Waals surface area contributed by atoms with Crippen molar-refractivity contribution in [1.82, 2.24) is 9.29 Å². The van der Waals surface area contributed by atoms with Gasteiger partial charge in [-0.3, -0.25) is 0 Å². The Labute approximate surface area is 188 Å². The second-order valence-electron chi connectivity index (χ2n) is 7.02. The second kappa shape index (κ2) is 9.00. The van der Waals surface area contributed by atoms with Gasteiger partial charge in [0.25, 0.3) is 0 Å². The van der Waals surface area contributed by atoms with Crippen LogP contribution in [0.4, 0.5) is 13.9 Å². The van der Waals surface area contributed by atoms with E-state index in [0.717, 1.165) is 38.9 Å². The lowest BCUT2D eigenvalue weighted by atomic mass is 10.1. The number of anilines is 1. The highest BCUT2D eigenvalue weighted by Gasteiger charge is 2.33. The molecule has 11 heteroatoms. The van der Waals surface area contributed by atoms with Crippen molar-refractivity contribution in [3.05, 3.63) is 53.4 Å². The Hall–Kier alpha value is -2.76.